The summed E-state index contributed by atoms with van der Waals surface area (Å²) >= 11 is 0. The molecular formula is C10H21F2N. The van der Waals surface area contributed by atoms with Gasteiger partial charge in [0.2, 0.25) is 5.92 Å². The molecule has 2 aliphatic rings. The van der Waals surface area contributed by atoms with Crippen LogP contribution >= 0.6 is 0 Å². The van der Waals surface area contributed by atoms with Gasteiger partial charge in [-0.15, -0.1) is 0 Å². The maximum atomic E-state index is 12.2. The van der Waals surface area contributed by atoms with Gasteiger partial charge in [0, 0.05) is 31.3 Å². The van der Waals surface area contributed by atoms with Gasteiger partial charge in [0.15, 0.2) is 0 Å². The van der Waals surface area contributed by atoms with Crippen LogP contribution in [0.2, 0.25) is 0 Å². The molecule has 2 rings (SSSR count). The minimum absolute atomic E-state index is 0.0174. The van der Waals surface area contributed by atoms with Gasteiger partial charge in [-0.2, -0.15) is 0 Å². The fourth-order valence-corrected chi connectivity index (χ4v) is 1.77. The van der Waals surface area contributed by atoms with Crippen molar-refractivity contribution in [3.05, 3.63) is 0 Å². The van der Waals surface area contributed by atoms with Gasteiger partial charge in [-0.1, -0.05) is 27.7 Å². The molecule has 1 heterocycles. The normalized spacial score (nSPS) is 25.4. The zero-order valence-corrected chi connectivity index (χ0v) is 9.08. The van der Waals surface area contributed by atoms with Crippen molar-refractivity contribution in [3.8, 4) is 0 Å². The molecule has 0 aromatic carbocycles. The third-order valence-electron chi connectivity index (χ3n) is 2.27. The van der Waals surface area contributed by atoms with Crippen LogP contribution < -0.4 is 5.32 Å². The molecule has 3 heteroatoms. The van der Waals surface area contributed by atoms with Gasteiger partial charge in [0.05, 0.1) is 0 Å². The summed E-state index contributed by atoms with van der Waals surface area (Å²) in [6, 6.07) is 0. The Morgan fingerprint density at radius 3 is 1.38 bits per heavy atom. The molecule has 1 N–H and O–H groups in total. The van der Waals surface area contributed by atoms with Crippen LogP contribution in [0.3, 0.4) is 0 Å². The number of hydrogen-bond donors (Lipinski definition) is 1. The van der Waals surface area contributed by atoms with Crippen LogP contribution in [0.1, 0.15) is 40.5 Å². The molecule has 0 bridgehead atoms. The van der Waals surface area contributed by atoms with E-state index in [0.29, 0.717) is 0 Å². The molecule has 1 spiro atoms. The Kier molecular flexibility index (Phi) is 4.82. The van der Waals surface area contributed by atoms with Gasteiger partial charge in [-0.25, -0.2) is 8.78 Å². The molecule has 80 valence electrons. The minimum atomic E-state index is -2.33. The Bertz CT molecular complexity index is 132. The Labute approximate surface area is 79.9 Å². The molecule has 13 heavy (non-hydrogen) atoms. The molecule has 0 atom stereocenters. The first kappa shape index (κ1) is 12.8. The van der Waals surface area contributed by atoms with Crippen LogP contribution in [0.5, 0.6) is 0 Å². The monoisotopic (exact) mass is 193 g/mol. The lowest BCUT2D eigenvalue weighted by molar-refractivity contribution is -0.178. The number of halogens is 2. The van der Waals surface area contributed by atoms with Crippen molar-refractivity contribution in [3.63, 3.8) is 0 Å². The fourth-order valence-electron chi connectivity index (χ4n) is 1.77. The maximum absolute atomic E-state index is 12.2. The number of hydrogen-bond acceptors (Lipinski definition) is 1. The smallest absolute Gasteiger partial charge is 0.249 e. The lowest BCUT2D eigenvalue weighted by Crippen LogP contribution is -2.64. The SMILES string of the molecule is CC.CC.FC1(F)CC2(CNC2)C1. The molecule has 1 saturated carbocycles. The van der Waals surface area contributed by atoms with Crippen LogP contribution in [0, 0.1) is 5.41 Å². The molecule has 0 radical (unpaired) electrons. The summed E-state index contributed by atoms with van der Waals surface area (Å²) in [5.41, 5.74) is 0.0174. The van der Waals surface area contributed by atoms with Gasteiger partial charge in [0.1, 0.15) is 0 Å². The summed E-state index contributed by atoms with van der Waals surface area (Å²) in [5.74, 6) is -2.33. The molecule has 0 unspecified atom stereocenters. The van der Waals surface area contributed by atoms with Gasteiger partial charge < -0.3 is 5.32 Å². The molecule has 0 amide bonds. The molecule has 1 saturated heterocycles. The first-order chi connectivity index (χ1) is 6.12. The molecule has 1 aliphatic carbocycles. The molecule has 2 fully saturated rings. The van der Waals surface area contributed by atoms with Gasteiger partial charge in [0.25, 0.3) is 0 Å². The number of nitrogens with one attached hydrogen (secondary N) is 1. The topological polar surface area (TPSA) is 12.0 Å². The van der Waals surface area contributed by atoms with E-state index < -0.39 is 5.92 Å². The Balaban J connectivity index is 0.000000322. The first-order valence-electron chi connectivity index (χ1n) is 5.21. The van der Waals surface area contributed by atoms with Crippen LogP contribution in [-0.2, 0) is 0 Å². The number of rotatable bonds is 0. The van der Waals surface area contributed by atoms with E-state index in [4.69, 9.17) is 0 Å². The van der Waals surface area contributed by atoms with Crippen LogP contribution in [0.15, 0.2) is 0 Å². The lowest BCUT2D eigenvalue weighted by atomic mass is 9.62. The van der Waals surface area contributed by atoms with Gasteiger partial charge >= 0.3 is 0 Å². The van der Waals surface area contributed by atoms with Gasteiger partial charge in [-0.3, -0.25) is 0 Å². The van der Waals surface area contributed by atoms with Crippen molar-refractivity contribution in [2.75, 3.05) is 13.1 Å². The minimum Gasteiger partial charge on any atom is -0.316 e. The average molecular weight is 193 g/mol. The second-order valence-corrected chi connectivity index (χ2v) is 3.31. The lowest BCUT2D eigenvalue weighted by Gasteiger charge is -2.53. The molecule has 1 nitrogen and oxygen atoms in total. The summed E-state index contributed by atoms with van der Waals surface area (Å²) in [6.45, 7) is 9.62. The summed E-state index contributed by atoms with van der Waals surface area (Å²) in [4.78, 5) is 0. The highest BCUT2D eigenvalue weighted by atomic mass is 19.3. The van der Waals surface area contributed by atoms with E-state index in [9.17, 15) is 8.78 Å². The van der Waals surface area contributed by atoms with Crippen molar-refractivity contribution in [2.45, 2.75) is 46.5 Å². The van der Waals surface area contributed by atoms with Gasteiger partial charge in [-0.05, 0) is 0 Å². The van der Waals surface area contributed by atoms with Crippen LogP contribution in [-0.4, -0.2) is 19.0 Å². The van der Waals surface area contributed by atoms with Crippen molar-refractivity contribution in [2.24, 2.45) is 5.41 Å². The van der Waals surface area contributed by atoms with E-state index in [1.165, 1.54) is 0 Å². The van der Waals surface area contributed by atoms with E-state index >= 15 is 0 Å². The molecule has 0 aromatic rings. The first-order valence-corrected chi connectivity index (χ1v) is 5.21. The summed E-state index contributed by atoms with van der Waals surface area (Å²) in [5, 5.41) is 3.01. The highest BCUT2D eigenvalue weighted by Gasteiger charge is 2.58. The fraction of sp³-hybridized carbons (Fsp3) is 1.00. The highest BCUT2D eigenvalue weighted by molar-refractivity contribution is 5.06. The van der Waals surface area contributed by atoms with E-state index in [0.717, 1.165) is 13.1 Å². The second kappa shape index (κ2) is 4.89. The third kappa shape index (κ3) is 2.90. The third-order valence-corrected chi connectivity index (χ3v) is 2.27. The largest absolute Gasteiger partial charge is 0.316 e. The van der Waals surface area contributed by atoms with Crippen molar-refractivity contribution < 1.29 is 8.78 Å². The van der Waals surface area contributed by atoms with E-state index in [1.54, 1.807) is 0 Å². The predicted molar refractivity (Wildman–Crippen MR) is 52.2 cm³/mol. The van der Waals surface area contributed by atoms with Crippen molar-refractivity contribution >= 4 is 0 Å². The van der Waals surface area contributed by atoms with Crippen LogP contribution in [0.4, 0.5) is 8.78 Å². The molecule has 0 aromatic heterocycles. The molecule has 1 aliphatic heterocycles. The Morgan fingerprint density at radius 2 is 1.31 bits per heavy atom. The number of alkyl halides is 2. The molecular weight excluding hydrogens is 172 g/mol. The summed E-state index contributed by atoms with van der Waals surface area (Å²) < 4.78 is 24.5. The van der Waals surface area contributed by atoms with E-state index in [1.807, 2.05) is 27.7 Å². The zero-order chi connectivity index (χ0) is 10.5. The van der Waals surface area contributed by atoms with E-state index in [2.05, 4.69) is 5.32 Å². The standard InChI is InChI=1S/C6H9F2N.2C2H6/c7-6(8)1-5(2-6)3-9-4-5;2*1-2/h9H,1-4H2;2*1-2H3. The Hall–Kier alpha value is -0.180. The van der Waals surface area contributed by atoms with Crippen molar-refractivity contribution in [1.82, 2.24) is 5.32 Å². The summed E-state index contributed by atoms with van der Waals surface area (Å²) in [7, 11) is 0. The predicted octanol–water partition coefficient (Wildman–Crippen LogP) is 3.06. The second-order valence-electron chi connectivity index (χ2n) is 3.31. The van der Waals surface area contributed by atoms with E-state index in [-0.39, 0.29) is 18.3 Å². The summed E-state index contributed by atoms with van der Waals surface area (Å²) in [6.07, 6.45) is 0.236. The van der Waals surface area contributed by atoms with Crippen LogP contribution in [0.25, 0.3) is 0 Å². The zero-order valence-electron chi connectivity index (χ0n) is 9.08. The maximum Gasteiger partial charge on any atom is 0.249 e. The average Bonchev–Trinajstić information content (AvgIpc) is 2.04. The van der Waals surface area contributed by atoms with Crippen molar-refractivity contribution in [1.29, 1.82) is 0 Å². The Morgan fingerprint density at radius 1 is 0.923 bits per heavy atom. The quantitative estimate of drug-likeness (QED) is 0.623. The highest BCUT2D eigenvalue weighted by Crippen LogP contribution is 2.53.